The molecule has 0 radical (unpaired) electrons. The lowest BCUT2D eigenvalue weighted by Crippen LogP contribution is -2.67. The largest absolute Gasteiger partial charge is 0.481 e. The first kappa shape index (κ1) is 20.4. The van der Waals surface area contributed by atoms with Crippen molar-refractivity contribution in [1.82, 2.24) is 0 Å². The van der Waals surface area contributed by atoms with Crippen LogP contribution in [-0.4, -0.2) is 22.3 Å². The Bertz CT molecular complexity index is 990. The molecular formula is C30H48O3. The first-order valence-electron chi connectivity index (χ1n) is 14.9. The number of carbonyl (C=O) groups is 1. The van der Waals surface area contributed by atoms with E-state index in [0.29, 0.717) is 5.92 Å². The lowest BCUT2D eigenvalue weighted by Gasteiger charge is -2.72. The van der Waals surface area contributed by atoms with Gasteiger partial charge in [0.1, 0.15) is 0 Å². The van der Waals surface area contributed by atoms with Gasteiger partial charge in [0.15, 0.2) is 0 Å². The van der Waals surface area contributed by atoms with Crippen LogP contribution < -0.4 is 0 Å². The average molecular weight is 460 g/mol. The van der Waals surface area contributed by atoms with Gasteiger partial charge in [-0.2, -0.15) is 0 Å². The van der Waals surface area contributed by atoms with E-state index in [9.17, 15) is 15.0 Å². The average Bonchev–Trinajstić information content (AvgIpc) is 3.14. The van der Waals surface area contributed by atoms with E-state index in [-0.39, 0.29) is 46.3 Å². The molecule has 0 aliphatic heterocycles. The van der Waals surface area contributed by atoms with Crippen LogP contribution in [0.4, 0.5) is 0 Å². The third kappa shape index (κ3) is 2.75. The Kier molecular flexibility index (Phi) is 4.39. The van der Waals surface area contributed by atoms with Gasteiger partial charge in [0, 0.05) is 2.74 Å². The highest BCUT2D eigenvalue weighted by atomic mass is 16.4. The number of carboxylic acids is 1. The molecule has 0 spiro atoms. The zero-order valence-electron chi connectivity index (χ0n) is 24.8. The molecule has 5 aliphatic rings. The number of fused-ring (bicyclic) bond motifs is 7. The van der Waals surface area contributed by atoms with Crippen LogP contribution in [0.25, 0.3) is 0 Å². The van der Waals surface area contributed by atoms with Gasteiger partial charge in [-0.25, -0.2) is 0 Å². The molecule has 3 heteroatoms. The van der Waals surface area contributed by atoms with Crippen molar-refractivity contribution in [1.29, 1.82) is 0 Å². The minimum absolute atomic E-state index is 0.0167. The summed E-state index contributed by atoms with van der Waals surface area (Å²) >= 11 is 0. The van der Waals surface area contributed by atoms with E-state index in [2.05, 4.69) is 34.3 Å². The van der Waals surface area contributed by atoms with Crippen LogP contribution in [0, 0.1) is 56.7 Å². The van der Waals surface area contributed by atoms with E-state index in [0.717, 1.165) is 56.9 Å². The summed E-state index contributed by atoms with van der Waals surface area (Å²) in [5, 5.41) is 21.7. The molecular weight excluding hydrogens is 408 g/mol. The zero-order valence-corrected chi connectivity index (χ0v) is 21.8. The van der Waals surface area contributed by atoms with Crippen molar-refractivity contribution < 1.29 is 19.1 Å². The number of rotatable bonds is 2. The number of carboxylic acid groups (broad SMARTS) is 1. The second-order valence-electron chi connectivity index (χ2n) is 14.1. The monoisotopic (exact) mass is 459 g/mol. The Morgan fingerprint density at radius 1 is 0.939 bits per heavy atom. The van der Waals surface area contributed by atoms with Crippen molar-refractivity contribution in [2.75, 3.05) is 0 Å². The van der Waals surface area contributed by atoms with E-state index >= 15 is 0 Å². The molecule has 3 nitrogen and oxygen atoms in total. The standard InChI is InChI=1S/C30H48O3/c1-18(2)19-10-15-30(25(32)33)17-16-28(6)20(24(19)30)8-9-22-27(5)13-12-23(31)26(3,4)21(27)11-14-29(22,28)7/h19-24,31H,1,8-17H2,2-7H3,(H,32,33)/t19-,20+,21-,22+,23-,24+,27-,28+,29+,30-/m0/s1/i12D2,23D. The summed E-state index contributed by atoms with van der Waals surface area (Å²) in [7, 11) is 0. The van der Waals surface area contributed by atoms with Crippen LogP contribution in [0.1, 0.15) is 110 Å². The van der Waals surface area contributed by atoms with Crippen molar-refractivity contribution in [2.45, 2.75) is 112 Å². The molecule has 5 fully saturated rings. The van der Waals surface area contributed by atoms with E-state index in [1.165, 1.54) is 0 Å². The maximum Gasteiger partial charge on any atom is 0.309 e. The lowest BCUT2D eigenvalue weighted by atomic mass is 9.32. The molecule has 0 aromatic carbocycles. The number of aliphatic hydroxyl groups is 1. The van der Waals surface area contributed by atoms with Crippen molar-refractivity contribution >= 4 is 5.97 Å². The summed E-state index contributed by atoms with van der Waals surface area (Å²) in [6.07, 6.45) is 3.27. The summed E-state index contributed by atoms with van der Waals surface area (Å²) in [6.45, 7) is 17.4. The van der Waals surface area contributed by atoms with Crippen molar-refractivity contribution in [3.63, 3.8) is 0 Å². The van der Waals surface area contributed by atoms with E-state index < -0.39 is 29.3 Å². The number of aliphatic carboxylic acids is 1. The van der Waals surface area contributed by atoms with E-state index in [1.807, 2.05) is 13.8 Å². The molecule has 0 saturated heterocycles. The predicted molar refractivity (Wildman–Crippen MR) is 133 cm³/mol. The Hall–Kier alpha value is -0.830. The van der Waals surface area contributed by atoms with Crippen molar-refractivity contribution in [3.05, 3.63) is 12.2 Å². The van der Waals surface area contributed by atoms with E-state index in [4.69, 9.17) is 4.11 Å². The molecule has 0 aromatic heterocycles. The molecule has 2 N–H and O–H groups in total. The molecule has 186 valence electrons. The molecule has 0 amide bonds. The minimum atomic E-state index is -2.12. The maximum absolute atomic E-state index is 12.8. The summed E-state index contributed by atoms with van der Waals surface area (Å²) in [6, 6.07) is 0. The molecule has 5 aliphatic carbocycles. The molecule has 0 bridgehead atoms. The molecule has 5 saturated carbocycles. The van der Waals surface area contributed by atoms with Crippen LogP contribution in [0.5, 0.6) is 0 Å². The molecule has 5 rings (SSSR count). The fourth-order valence-corrected chi connectivity index (χ4v) is 11.0. The Balaban J connectivity index is 1.59. The van der Waals surface area contributed by atoms with Gasteiger partial charge in [-0.05, 0) is 122 Å². The molecule has 0 heterocycles. The third-order valence-electron chi connectivity index (χ3n) is 12.9. The Morgan fingerprint density at radius 3 is 2.27 bits per heavy atom. The molecule has 33 heavy (non-hydrogen) atoms. The van der Waals surface area contributed by atoms with Crippen LogP contribution in [0.15, 0.2) is 12.2 Å². The van der Waals surface area contributed by atoms with Gasteiger partial charge in [0.05, 0.1) is 12.9 Å². The number of hydrogen-bond donors (Lipinski definition) is 2. The van der Waals surface area contributed by atoms with Gasteiger partial charge in [0.2, 0.25) is 0 Å². The van der Waals surface area contributed by atoms with Gasteiger partial charge >= 0.3 is 5.97 Å². The molecule has 0 aromatic rings. The zero-order chi connectivity index (χ0) is 26.9. The lowest BCUT2D eigenvalue weighted by molar-refractivity contribution is -0.248. The van der Waals surface area contributed by atoms with Crippen LogP contribution in [0.2, 0.25) is 0 Å². The van der Waals surface area contributed by atoms with Crippen LogP contribution in [-0.2, 0) is 4.79 Å². The highest BCUT2D eigenvalue weighted by molar-refractivity contribution is 5.76. The van der Waals surface area contributed by atoms with Crippen molar-refractivity contribution in [2.24, 2.45) is 56.7 Å². The van der Waals surface area contributed by atoms with Gasteiger partial charge in [-0.1, -0.05) is 46.8 Å². The highest BCUT2D eigenvalue weighted by Crippen LogP contribution is 2.77. The minimum Gasteiger partial charge on any atom is -0.481 e. The SMILES string of the molecule is [2H]C1([2H])C[C@]2(C)[C@H]3CC[C@@H]4[C@H]5[C@H](C(=C)C)CC[C@]5(C(=O)O)CC[C@@]4(C)[C@]3(C)CC[C@H]2C(C)(C)[C@@]1([2H])O. The van der Waals surface area contributed by atoms with Crippen LogP contribution in [0.3, 0.4) is 0 Å². The second kappa shape index (κ2) is 7.11. The quantitative estimate of drug-likeness (QED) is 0.433. The first-order valence-corrected chi connectivity index (χ1v) is 13.4. The highest BCUT2D eigenvalue weighted by Gasteiger charge is 2.71. The fourth-order valence-electron chi connectivity index (χ4n) is 11.0. The van der Waals surface area contributed by atoms with E-state index in [1.54, 1.807) is 0 Å². The maximum atomic E-state index is 12.8. The number of allylic oxidation sites excluding steroid dienone is 1. The summed E-state index contributed by atoms with van der Waals surface area (Å²) < 4.78 is 26.4. The number of hydrogen-bond acceptors (Lipinski definition) is 2. The summed E-state index contributed by atoms with van der Waals surface area (Å²) in [4.78, 5) is 12.8. The second-order valence-corrected chi connectivity index (χ2v) is 14.1. The topological polar surface area (TPSA) is 57.5 Å². The smallest absolute Gasteiger partial charge is 0.309 e. The van der Waals surface area contributed by atoms with Gasteiger partial charge < -0.3 is 10.2 Å². The molecule has 10 atom stereocenters. The van der Waals surface area contributed by atoms with Crippen LogP contribution >= 0.6 is 0 Å². The summed E-state index contributed by atoms with van der Waals surface area (Å²) in [5.41, 5.74) is -0.720. The third-order valence-corrected chi connectivity index (χ3v) is 12.9. The molecule has 0 unspecified atom stereocenters. The predicted octanol–water partition coefficient (Wildman–Crippen LogP) is 7.09. The van der Waals surface area contributed by atoms with Crippen molar-refractivity contribution in [3.8, 4) is 0 Å². The Labute approximate surface area is 206 Å². The first-order chi connectivity index (χ1) is 16.3. The summed E-state index contributed by atoms with van der Waals surface area (Å²) in [5.74, 6) is 0.469. The van der Waals surface area contributed by atoms with Gasteiger partial charge in [-0.3, -0.25) is 4.79 Å². The Morgan fingerprint density at radius 2 is 1.64 bits per heavy atom. The normalized spacial score (nSPS) is 60.1. The van der Waals surface area contributed by atoms with Gasteiger partial charge in [-0.15, -0.1) is 0 Å². The van der Waals surface area contributed by atoms with Gasteiger partial charge in [0.25, 0.3) is 0 Å². The fraction of sp³-hybridized carbons (Fsp3) is 0.900.